The monoisotopic (exact) mass is 214 g/mol. The Bertz CT molecular complexity index is 143. The molecule has 0 bridgehead atoms. The van der Waals surface area contributed by atoms with Crippen molar-refractivity contribution in [3.8, 4) is 0 Å². The summed E-state index contributed by atoms with van der Waals surface area (Å²) in [6, 6.07) is 0. The second-order valence-corrected chi connectivity index (χ2v) is 4.09. The Morgan fingerprint density at radius 1 is 1.00 bits per heavy atom. The lowest BCUT2D eigenvalue weighted by molar-refractivity contribution is 0.206. The van der Waals surface area contributed by atoms with E-state index in [2.05, 4.69) is 6.92 Å². The highest BCUT2D eigenvalue weighted by molar-refractivity contribution is 4.87. The molecule has 0 aliphatic carbocycles. The Balaban J connectivity index is 3.12. The Morgan fingerprint density at radius 2 is 1.60 bits per heavy atom. The first-order valence-electron chi connectivity index (χ1n) is 6.26. The average molecular weight is 214 g/mol. The van der Waals surface area contributed by atoms with Gasteiger partial charge in [0.15, 0.2) is 0 Å². The standard InChI is InChI=1S/C13H26O2/c1-2-3-4-5-6-7-8-10-13(15)11-9-12-14/h9,11,13-15H,2-8,10,12H2,1H3/b11-9+. The zero-order valence-electron chi connectivity index (χ0n) is 9.99. The summed E-state index contributed by atoms with van der Waals surface area (Å²) in [6.45, 7) is 2.25. The zero-order chi connectivity index (χ0) is 11.4. The lowest BCUT2D eigenvalue weighted by Crippen LogP contribution is -2.01. The molecule has 90 valence electrons. The maximum absolute atomic E-state index is 9.42. The van der Waals surface area contributed by atoms with E-state index in [9.17, 15) is 5.11 Å². The second kappa shape index (κ2) is 11.7. The van der Waals surface area contributed by atoms with Crippen LogP contribution in [0.2, 0.25) is 0 Å². The van der Waals surface area contributed by atoms with Gasteiger partial charge in [-0.1, -0.05) is 64.0 Å². The van der Waals surface area contributed by atoms with Crippen LogP contribution in [0.5, 0.6) is 0 Å². The fourth-order valence-electron chi connectivity index (χ4n) is 1.62. The van der Waals surface area contributed by atoms with Crippen LogP contribution in [-0.4, -0.2) is 22.9 Å². The van der Waals surface area contributed by atoms with E-state index in [0.717, 1.165) is 12.8 Å². The first-order chi connectivity index (χ1) is 7.31. The summed E-state index contributed by atoms with van der Waals surface area (Å²) in [5.41, 5.74) is 0. The molecule has 0 aliphatic heterocycles. The van der Waals surface area contributed by atoms with E-state index in [-0.39, 0.29) is 12.7 Å². The number of aliphatic hydroxyl groups is 2. The van der Waals surface area contributed by atoms with Crippen molar-refractivity contribution in [3.63, 3.8) is 0 Å². The number of hydrogen-bond acceptors (Lipinski definition) is 2. The van der Waals surface area contributed by atoms with Crippen molar-refractivity contribution in [2.45, 2.75) is 64.4 Å². The lowest BCUT2D eigenvalue weighted by Gasteiger charge is -2.05. The SMILES string of the molecule is CCCCCCCCCC(O)/C=C/CO. The zero-order valence-corrected chi connectivity index (χ0v) is 9.99. The van der Waals surface area contributed by atoms with Crippen molar-refractivity contribution in [1.29, 1.82) is 0 Å². The molecule has 2 nitrogen and oxygen atoms in total. The van der Waals surface area contributed by atoms with Crippen LogP contribution < -0.4 is 0 Å². The largest absolute Gasteiger partial charge is 0.392 e. The summed E-state index contributed by atoms with van der Waals surface area (Å²) < 4.78 is 0. The quantitative estimate of drug-likeness (QED) is 0.433. The van der Waals surface area contributed by atoms with Crippen LogP contribution in [0.25, 0.3) is 0 Å². The molecule has 0 heterocycles. The van der Waals surface area contributed by atoms with E-state index in [1.807, 2.05) is 0 Å². The van der Waals surface area contributed by atoms with Gasteiger partial charge in [-0.2, -0.15) is 0 Å². The van der Waals surface area contributed by atoms with Crippen molar-refractivity contribution < 1.29 is 10.2 Å². The summed E-state index contributed by atoms with van der Waals surface area (Å²) in [7, 11) is 0. The molecule has 0 fully saturated rings. The van der Waals surface area contributed by atoms with Gasteiger partial charge in [-0.05, 0) is 6.42 Å². The predicted molar refractivity (Wildman–Crippen MR) is 64.8 cm³/mol. The van der Waals surface area contributed by atoms with E-state index in [0.29, 0.717) is 0 Å². The number of rotatable bonds is 10. The molecule has 0 saturated carbocycles. The van der Waals surface area contributed by atoms with Crippen LogP contribution in [0.4, 0.5) is 0 Å². The smallest absolute Gasteiger partial charge is 0.0721 e. The summed E-state index contributed by atoms with van der Waals surface area (Å²) in [5, 5.41) is 17.9. The summed E-state index contributed by atoms with van der Waals surface area (Å²) >= 11 is 0. The van der Waals surface area contributed by atoms with Crippen molar-refractivity contribution in [1.82, 2.24) is 0 Å². The molecule has 2 heteroatoms. The third-order valence-electron chi connectivity index (χ3n) is 2.57. The van der Waals surface area contributed by atoms with Crippen molar-refractivity contribution >= 4 is 0 Å². The van der Waals surface area contributed by atoms with Crippen molar-refractivity contribution in [3.05, 3.63) is 12.2 Å². The molecule has 0 saturated heterocycles. The Hall–Kier alpha value is -0.340. The van der Waals surface area contributed by atoms with Gasteiger partial charge >= 0.3 is 0 Å². The van der Waals surface area contributed by atoms with Crippen LogP contribution >= 0.6 is 0 Å². The molecule has 1 unspecified atom stereocenters. The molecule has 0 amide bonds. The van der Waals surface area contributed by atoms with Gasteiger partial charge in [0.1, 0.15) is 0 Å². The number of aliphatic hydroxyl groups excluding tert-OH is 2. The molecule has 1 atom stereocenters. The fourth-order valence-corrected chi connectivity index (χ4v) is 1.62. The Kier molecular flexibility index (Phi) is 11.5. The average Bonchev–Trinajstić information content (AvgIpc) is 2.25. The molecule has 0 aliphatic rings. The van der Waals surface area contributed by atoms with E-state index in [4.69, 9.17) is 5.11 Å². The van der Waals surface area contributed by atoms with Gasteiger partial charge in [0.05, 0.1) is 12.7 Å². The van der Waals surface area contributed by atoms with Crippen LogP contribution in [0.3, 0.4) is 0 Å². The molecule has 0 rings (SSSR count). The third kappa shape index (κ3) is 11.6. The summed E-state index contributed by atoms with van der Waals surface area (Å²) in [5.74, 6) is 0. The minimum atomic E-state index is -0.368. The normalized spacial score (nSPS) is 13.5. The summed E-state index contributed by atoms with van der Waals surface area (Å²) in [4.78, 5) is 0. The van der Waals surface area contributed by atoms with Crippen LogP contribution in [-0.2, 0) is 0 Å². The molecule has 15 heavy (non-hydrogen) atoms. The maximum atomic E-state index is 9.42. The van der Waals surface area contributed by atoms with E-state index in [1.165, 1.54) is 38.5 Å². The minimum absolute atomic E-state index is 0.0219. The predicted octanol–water partition coefficient (Wildman–Crippen LogP) is 3.04. The second-order valence-electron chi connectivity index (χ2n) is 4.09. The van der Waals surface area contributed by atoms with Gasteiger partial charge in [0.2, 0.25) is 0 Å². The molecule has 0 radical (unpaired) electrons. The molecular formula is C13H26O2. The lowest BCUT2D eigenvalue weighted by atomic mass is 10.1. The molecule has 0 aromatic carbocycles. The molecular weight excluding hydrogens is 188 g/mol. The van der Waals surface area contributed by atoms with Gasteiger partial charge < -0.3 is 10.2 Å². The topological polar surface area (TPSA) is 40.5 Å². The Morgan fingerprint density at radius 3 is 2.20 bits per heavy atom. The molecule has 2 N–H and O–H groups in total. The van der Waals surface area contributed by atoms with Crippen LogP contribution in [0.1, 0.15) is 58.3 Å². The summed E-state index contributed by atoms with van der Waals surface area (Å²) in [6.07, 6.45) is 12.7. The van der Waals surface area contributed by atoms with E-state index in [1.54, 1.807) is 12.2 Å². The van der Waals surface area contributed by atoms with Crippen molar-refractivity contribution in [2.24, 2.45) is 0 Å². The highest BCUT2D eigenvalue weighted by Crippen LogP contribution is 2.09. The minimum Gasteiger partial charge on any atom is -0.392 e. The first-order valence-corrected chi connectivity index (χ1v) is 6.26. The van der Waals surface area contributed by atoms with E-state index >= 15 is 0 Å². The molecule has 0 aromatic rings. The highest BCUT2D eigenvalue weighted by atomic mass is 16.3. The van der Waals surface area contributed by atoms with Gasteiger partial charge in [-0.25, -0.2) is 0 Å². The number of hydrogen-bond donors (Lipinski definition) is 2. The van der Waals surface area contributed by atoms with Gasteiger partial charge in [-0.3, -0.25) is 0 Å². The Labute approximate surface area is 94.0 Å². The number of unbranched alkanes of at least 4 members (excludes halogenated alkanes) is 6. The van der Waals surface area contributed by atoms with E-state index < -0.39 is 0 Å². The maximum Gasteiger partial charge on any atom is 0.0721 e. The van der Waals surface area contributed by atoms with Crippen molar-refractivity contribution in [2.75, 3.05) is 6.61 Å². The molecule has 0 spiro atoms. The van der Waals surface area contributed by atoms with Gasteiger partial charge in [-0.15, -0.1) is 0 Å². The third-order valence-corrected chi connectivity index (χ3v) is 2.57. The fraction of sp³-hybridized carbons (Fsp3) is 0.846. The highest BCUT2D eigenvalue weighted by Gasteiger charge is 1.98. The van der Waals surface area contributed by atoms with Gasteiger partial charge in [0, 0.05) is 0 Å². The van der Waals surface area contributed by atoms with Crippen LogP contribution in [0, 0.1) is 0 Å². The van der Waals surface area contributed by atoms with Gasteiger partial charge in [0.25, 0.3) is 0 Å². The van der Waals surface area contributed by atoms with Crippen LogP contribution in [0.15, 0.2) is 12.2 Å². The first kappa shape index (κ1) is 14.7. The molecule has 0 aromatic heterocycles.